The Bertz CT molecular complexity index is 537. The highest BCUT2D eigenvalue weighted by molar-refractivity contribution is 7.89. The summed E-state index contributed by atoms with van der Waals surface area (Å²) in [4.78, 5) is 0.974. The van der Waals surface area contributed by atoms with E-state index >= 15 is 0 Å². The molecule has 1 rings (SSSR count). The van der Waals surface area contributed by atoms with Crippen LogP contribution in [0.2, 0.25) is 0 Å². The van der Waals surface area contributed by atoms with Gasteiger partial charge in [0.1, 0.15) is 0 Å². The number of primary sulfonamides is 1. The molecule has 1 aromatic rings. The number of hydrogen-bond donors (Lipinski definition) is 3. The fourth-order valence-corrected chi connectivity index (χ4v) is 2.14. The summed E-state index contributed by atoms with van der Waals surface area (Å²) in [6, 6.07) is 3.56. The van der Waals surface area contributed by atoms with Crippen LogP contribution in [-0.4, -0.2) is 39.6 Å². The lowest BCUT2D eigenvalue weighted by atomic mass is 10.2. The van der Waals surface area contributed by atoms with Crippen molar-refractivity contribution in [3.8, 4) is 0 Å². The SMILES string of the molecule is Nc1cc(S(N)(=O)=O)ccc1N(CCO)CC(F)F. The van der Waals surface area contributed by atoms with Crippen molar-refractivity contribution in [2.45, 2.75) is 11.3 Å². The summed E-state index contributed by atoms with van der Waals surface area (Å²) in [6.45, 7) is -0.980. The summed E-state index contributed by atoms with van der Waals surface area (Å²) in [5, 5.41) is 13.8. The zero-order valence-corrected chi connectivity index (χ0v) is 10.8. The second-order valence-electron chi connectivity index (χ2n) is 3.83. The summed E-state index contributed by atoms with van der Waals surface area (Å²) in [5.41, 5.74) is 5.86. The molecule has 108 valence electrons. The van der Waals surface area contributed by atoms with E-state index in [0.717, 1.165) is 6.07 Å². The Kier molecular flexibility index (Phi) is 5.04. The van der Waals surface area contributed by atoms with Crippen LogP contribution in [0.25, 0.3) is 0 Å². The maximum atomic E-state index is 12.4. The van der Waals surface area contributed by atoms with Crippen molar-refractivity contribution in [1.82, 2.24) is 0 Å². The average Bonchev–Trinajstić information content (AvgIpc) is 2.26. The molecule has 0 spiro atoms. The van der Waals surface area contributed by atoms with Crippen LogP contribution in [0.4, 0.5) is 20.2 Å². The summed E-state index contributed by atoms with van der Waals surface area (Å²) >= 11 is 0. The normalized spacial score (nSPS) is 11.8. The molecule has 0 unspecified atom stereocenters. The van der Waals surface area contributed by atoms with Gasteiger partial charge in [-0.3, -0.25) is 0 Å². The van der Waals surface area contributed by atoms with E-state index in [1.807, 2.05) is 0 Å². The van der Waals surface area contributed by atoms with Gasteiger partial charge in [0.15, 0.2) is 0 Å². The van der Waals surface area contributed by atoms with Crippen molar-refractivity contribution < 1.29 is 22.3 Å². The highest BCUT2D eigenvalue weighted by atomic mass is 32.2. The maximum absolute atomic E-state index is 12.4. The van der Waals surface area contributed by atoms with E-state index in [-0.39, 0.29) is 29.4 Å². The van der Waals surface area contributed by atoms with Gasteiger partial charge in [-0.1, -0.05) is 0 Å². The van der Waals surface area contributed by atoms with Crippen molar-refractivity contribution in [2.75, 3.05) is 30.3 Å². The number of alkyl halides is 2. The van der Waals surface area contributed by atoms with Crippen molar-refractivity contribution >= 4 is 21.4 Å². The van der Waals surface area contributed by atoms with Crippen LogP contribution in [0.1, 0.15) is 0 Å². The van der Waals surface area contributed by atoms with Gasteiger partial charge in [0.2, 0.25) is 10.0 Å². The number of nitrogen functional groups attached to an aromatic ring is 1. The first-order chi connectivity index (χ1) is 8.75. The fraction of sp³-hybridized carbons (Fsp3) is 0.400. The molecule has 9 heteroatoms. The Morgan fingerprint density at radius 3 is 2.42 bits per heavy atom. The molecule has 0 aromatic heterocycles. The third-order valence-electron chi connectivity index (χ3n) is 2.40. The summed E-state index contributed by atoms with van der Waals surface area (Å²) in [5.74, 6) is 0. The molecule has 0 radical (unpaired) electrons. The smallest absolute Gasteiger partial charge is 0.255 e. The first kappa shape index (κ1) is 15.6. The number of aliphatic hydroxyl groups excluding tert-OH is 1. The molecule has 19 heavy (non-hydrogen) atoms. The predicted molar refractivity (Wildman–Crippen MR) is 67.5 cm³/mol. The van der Waals surface area contributed by atoms with E-state index in [0.29, 0.717) is 0 Å². The number of rotatable bonds is 6. The van der Waals surface area contributed by atoms with Gasteiger partial charge in [-0.25, -0.2) is 22.3 Å². The minimum atomic E-state index is -3.90. The Labute approximate surface area is 109 Å². The van der Waals surface area contributed by atoms with Gasteiger partial charge in [0.25, 0.3) is 6.43 Å². The second-order valence-corrected chi connectivity index (χ2v) is 5.39. The predicted octanol–water partition coefficient (Wildman–Crippen LogP) is -0.0200. The fourth-order valence-electron chi connectivity index (χ4n) is 1.59. The van der Waals surface area contributed by atoms with Gasteiger partial charge < -0.3 is 15.7 Å². The van der Waals surface area contributed by atoms with E-state index in [9.17, 15) is 17.2 Å². The summed E-state index contributed by atoms with van der Waals surface area (Å²) in [7, 11) is -3.90. The van der Waals surface area contributed by atoms with Crippen LogP contribution in [0.5, 0.6) is 0 Å². The molecule has 0 fully saturated rings. The van der Waals surface area contributed by atoms with Crippen LogP contribution in [0.3, 0.4) is 0 Å². The molecule has 0 amide bonds. The molecule has 0 saturated carbocycles. The van der Waals surface area contributed by atoms with Crippen molar-refractivity contribution in [2.24, 2.45) is 5.14 Å². The minimum Gasteiger partial charge on any atom is -0.397 e. The molecule has 1 aromatic carbocycles. The van der Waals surface area contributed by atoms with E-state index < -0.39 is 23.0 Å². The molecule has 0 aliphatic heterocycles. The van der Waals surface area contributed by atoms with Gasteiger partial charge in [0.05, 0.1) is 29.4 Å². The summed E-state index contributed by atoms with van der Waals surface area (Å²) < 4.78 is 47.1. The third kappa shape index (κ3) is 4.30. The minimum absolute atomic E-state index is 0.000579. The standard InChI is InChI=1S/C10H15F2N3O3S/c11-10(12)6-15(3-4-16)9-2-1-7(5-8(9)13)19(14,17)18/h1-2,5,10,16H,3-4,6,13H2,(H2,14,17,18). The average molecular weight is 295 g/mol. The Hall–Kier alpha value is -1.45. The highest BCUT2D eigenvalue weighted by Crippen LogP contribution is 2.26. The summed E-state index contributed by atoms with van der Waals surface area (Å²) in [6.07, 6.45) is -2.61. The maximum Gasteiger partial charge on any atom is 0.255 e. The molecular formula is C10H15F2N3O3S. The number of benzene rings is 1. The number of sulfonamides is 1. The van der Waals surface area contributed by atoms with Crippen LogP contribution < -0.4 is 15.8 Å². The van der Waals surface area contributed by atoms with Crippen molar-refractivity contribution in [3.63, 3.8) is 0 Å². The third-order valence-corrected chi connectivity index (χ3v) is 3.31. The first-order valence-corrected chi connectivity index (χ1v) is 6.86. The zero-order valence-electron chi connectivity index (χ0n) is 9.96. The van der Waals surface area contributed by atoms with Crippen LogP contribution in [-0.2, 0) is 10.0 Å². The topological polar surface area (TPSA) is 110 Å². The van der Waals surface area contributed by atoms with Gasteiger partial charge in [-0.2, -0.15) is 0 Å². The number of halogens is 2. The molecule has 0 aliphatic rings. The zero-order chi connectivity index (χ0) is 14.6. The lowest BCUT2D eigenvalue weighted by molar-refractivity contribution is 0.153. The monoisotopic (exact) mass is 295 g/mol. The number of aliphatic hydroxyl groups is 1. The second kappa shape index (κ2) is 6.13. The first-order valence-electron chi connectivity index (χ1n) is 5.32. The number of anilines is 2. The lowest BCUT2D eigenvalue weighted by Gasteiger charge is -2.25. The molecule has 0 atom stereocenters. The molecule has 0 saturated heterocycles. The quantitative estimate of drug-likeness (QED) is 0.639. The Morgan fingerprint density at radius 1 is 1.37 bits per heavy atom. The highest BCUT2D eigenvalue weighted by Gasteiger charge is 2.17. The van der Waals surface area contributed by atoms with Gasteiger partial charge in [0, 0.05) is 6.54 Å². The van der Waals surface area contributed by atoms with Gasteiger partial charge in [-0.15, -0.1) is 0 Å². The van der Waals surface area contributed by atoms with Gasteiger partial charge >= 0.3 is 0 Å². The van der Waals surface area contributed by atoms with E-state index in [4.69, 9.17) is 16.0 Å². The van der Waals surface area contributed by atoms with Crippen LogP contribution >= 0.6 is 0 Å². The van der Waals surface area contributed by atoms with Crippen molar-refractivity contribution in [1.29, 1.82) is 0 Å². The van der Waals surface area contributed by atoms with E-state index in [1.54, 1.807) is 0 Å². The number of nitrogens with zero attached hydrogens (tertiary/aromatic N) is 1. The Morgan fingerprint density at radius 2 is 2.00 bits per heavy atom. The number of hydrogen-bond acceptors (Lipinski definition) is 5. The molecule has 0 bridgehead atoms. The molecule has 5 N–H and O–H groups in total. The molecule has 0 aliphatic carbocycles. The van der Waals surface area contributed by atoms with E-state index in [2.05, 4.69) is 0 Å². The molecule has 6 nitrogen and oxygen atoms in total. The van der Waals surface area contributed by atoms with Crippen molar-refractivity contribution in [3.05, 3.63) is 18.2 Å². The van der Waals surface area contributed by atoms with Crippen LogP contribution in [0.15, 0.2) is 23.1 Å². The number of nitrogens with two attached hydrogens (primary N) is 2. The van der Waals surface area contributed by atoms with E-state index in [1.165, 1.54) is 17.0 Å². The van der Waals surface area contributed by atoms with Gasteiger partial charge in [-0.05, 0) is 18.2 Å². The largest absolute Gasteiger partial charge is 0.397 e. The Balaban J connectivity index is 3.11. The van der Waals surface area contributed by atoms with Crippen LogP contribution in [0, 0.1) is 0 Å². The molecule has 0 heterocycles. The lowest BCUT2D eigenvalue weighted by Crippen LogP contribution is -2.32. The molecular weight excluding hydrogens is 280 g/mol.